The lowest BCUT2D eigenvalue weighted by Crippen LogP contribution is -2.13. The van der Waals surface area contributed by atoms with E-state index in [4.69, 9.17) is 17.3 Å². The molecule has 7 heteroatoms. The van der Waals surface area contributed by atoms with Gasteiger partial charge in [0.2, 0.25) is 0 Å². The second kappa shape index (κ2) is 4.83. The molecule has 0 amide bonds. The van der Waals surface area contributed by atoms with Gasteiger partial charge in [-0.05, 0) is 36.4 Å². The second-order valence-electron chi connectivity index (χ2n) is 3.53. The largest absolute Gasteiger partial charge is 0.384 e. The second-order valence-corrected chi connectivity index (χ2v) is 5.65. The molecule has 94 valence electrons. The number of nitrogens with zero attached hydrogens (tertiary/aromatic N) is 1. The zero-order chi connectivity index (χ0) is 13.2. The molecule has 0 bridgehead atoms. The van der Waals surface area contributed by atoms with Crippen LogP contribution in [-0.4, -0.2) is 13.4 Å². The molecule has 0 fully saturated rings. The van der Waals surface area contributed by atoms with E-state index in [1.807, 2.05) is 0 Å². The topological polar surface area (TPSA) is 85.1 Å². The van der Waals surface area contributed by atoms with Gasteiger partial charge < -0.3 is 5.73 Å². The molecule has 3 N–H and O–H groups in total. The van der Waals surface area contributed by atoms with E-state index in [9.17, 15) is 8.42 Å². The average molecular weight is 284 g/mol. The minimum absolute atomic E-state index is 0.128. The van der Waals surface area contributed by atoms with Gasteiger partial charge in [0.05, 0.1) is 16.8 Å². The highest BCUT2D eigenvalue weighted by Crippen LogP contribution is 2.18. The van der Waals surface area contributed by atoms with Gasteiger partial charge in [-0.15, -0.1) is 0 Å². The predicted octanol–water partition coefficient (Wildman–Crippen LogP) is 2.12. The maximum Gasteiger partial charge on any atom is 0.261 e. The van der Waals surface area contributed by atoms with Crippen LogP contribution in [0.4, 0.5) is 11.5 Å². The van der Waals surface area contributed by atoms with Crippen molar-refractivity contribution in [1.82, 2.24) is 4.98 Å². The Kier molecular flexibility index (Phi) is 3.40. The van der Waals surface area contributed by atoms with Crippen molar-refractivity contribution in [2.45, 2.75) is 4.90 Å². The molecule has 0 saturated heterocycles. The smallest absolute Gasteiger partial charge is 0.261 e. The van der Waals surface area contributed by atoms with Gasteiger partial charge >= 0.3 is 0 Å². The summed E-state index contributed by atoms with van der Waals surface area (Å²) in [6.07, 6.45) is 1.35. The summed E-state index contributed by atoms with van der Waals surface area (Å²) in [7, 11) is -3.63. The number of halogens is 1. The molecule has 0 aliphatic rings. The highest BCUT2D eigenvalue weighted by molar-refractivity contribution is 7.92. The molecule has 0 aliphatic heterocycles. The van der Waals surface area contributed by atoms with Gasteiger partial charge in [-0.1, -0.05) is 11.6 Å². The predicted molar refractivity (Wildman–Crippen MR) is 70.9 cm³/mol. The third kappa shape index (κ3) is 2.91. The van der Waals surface area contributed by atoms with Crippen molar-refractivity contribution in [1.29, 1.82) is 0 Å². The number of sulfonamides is 1. The van der Waals surface area contributed by atoms with Crippen LogP contribution in [0.5, 0.6) is 0 Å². The maximum atomic E-state index is 12.0. The zero-order valence-electron chi connectivity index (χ0n) is 9.17. The van der Waals surface area contributed by atoms with Crippen LogP contribution >= 0.6 is 11.6 Å². The van der Waals surface area contributed by atoms with Gasteiger partial charge in [0.15, 0.2) is 0 Å². The Balaban J connectivity index is 2.27. The molecule has 0 atom stereocenters. The van der Waals surface area contributed by atoms with Crippen LogP contribution < -0.4 is 10.5 Å². The van der Waals surface area contributed by atoms with Crippen molar-refractivity contribution < 1.29 is 8.42 Å². The van der Waals surface area contributed by atoms with Crippen LogP contribution in [0.1, 0.15) is 0 Å². The van der Waals surface area contributed by atoms with Crippen molar-refractivity contribution in [3.8, 4) is 0 Å². The molecular weight excluding hydrogens is 274 g/mol. The maximum absolute atomic E-state index is 12.0. The Bertz CT molecular complexity index is 639. The molecule has 1 aromatic heterocycles. The van der Waals surface area contributed by atoms with E-state index >= 15 is 0 Å². The van der Waals surface area contributed by atoms with E-state index in [0.717, 1.165) is 0 Å². The van der Waals surface area contributed by atoms with Crippen LogP contribution in [0.15, 0.2) is 47.5 Å². The molecule has 0 unspecified atom stereocenters. The summed E-state index contributed by atoms with van der Waals surface area (Å²) in [5.74, 6) is 0.324. The van der Waals surface area contributed by atoms with Crippen LogP contribution in [0.2, 0.25) is 5.02 Å². The summed E-state index contributed by atoms with van der Waals surface area (Å²) in [5.41, 5.74) is 5.76. The molecular formula is C11H10ClN3O2S. The molecule has 1 aromatic carbocycles. The van der Waals surface area contributed by atoms with Gasteiger partial charge in [-0.3, -0.25) is 4.72 Å². The minimum atomic E-state index is -3.63. The fraction of sp³-hybridized carbons (Fsp3) is 0. The lowest BCUT2D eigenvalue weighted by molar-refractivity contribution is 0.601. The number of hydrogen-bond acceptors (Lipinski definition) is 4. The number of hydrogen-bond donors (Lipinski definition) is 2. The van der Waals surface area contributed by atoms with E-state index in [1.165, 1.54) is 42.6 Å². The number of rotatable bonds is 3. The van der Waals surface area contributed by atoms with Gasteiger partial charge in [0.25, 0.3) is 10.0 Å². The van der Waals surface area contributed by atoms with Crippen LogP contribution in [0, 0.1) is 0 Å². The van der Waals surface area contributed by atoms with E-state index < -0.39 is 10.0 Å². The zero-order valence-corrected chi connectivity index (χ0v) is 10.7. The standard InChI is InChI=1S/C11H10ClN3O2S/c12-8-1-4-10(5-2-8)18(16,17)15-9-3-6-11(13)14-7-9/h1-7,15H,(H2,13,14). The normalized spacial score (nSPS) is 11.2. The SMILES string of the molecule is Nc1ccc(NS(=O)(=O)c2ccc(Cl)cc2)cn1. The number of aromatic nitrogens is 1. The van der Waals surface area contributed by atoms with E-state index in [-0.39, 0.29) is 4.90 Å². The molecule has 0 spiro atoms. The van der Waals surface area contributed by atoms with Crippen molar-refractivity contribution in [3.63, 3.8) is 0 Å². The lowest BCUT2D eigenvalue weighted by atomic mass is 10.4. The number of nitrogens with one attached hydrogen (secondary N) is 1. The van der Waals surface area contributed by atoms with Crippen molar-refractivity contribution >= 4 is 33.1 Å². The van der Waals surface area contributed by atoms with Gasteiger partial charge in [0, 0.05) is 5.02 Å². The molecule has 1 heterocycles. The quantitative estimate of drug-likeness (QED) is 0.903. The first kappa shape index (κ1) is 12.7. The van der Waals surface area contributed by atoms with Gasteiger partial charge in [-0.25, -0.2) is 13.4 Å². The first-order valence-corrected chi connectivity index (χ1v) is 6.83. The van der Waals surface area contributed by atoms with Crippen molar-refractivity contribution in [3.05, 3.63) is 47.6 Å². The first-order valence-electron chi connectivity index (χ1n) is 4.97. The fourth-order valence-electron chi connectivity index (χ4n) is 1.29. The molecule has 0 aliphatic carbocycles. The Morgan fingerprint density at radius 2 is 1.78 bits per heavy atom. The number of nitrogens with two attached hydrogens (primary N) is 1. The summed E-state index contributed by atoms with van der Waals surface area (Å²) in [6, 6.07) is 8.93. The van der Waals surface area contributed by atoms with E-state index in [0.29, 0.717) is 16.5 Å². The monoisotopic (exact) mass is 283 g/mol. The van der Waals surface area contributed by atoms with E-state index in [2.05, 4.69) is 9.71 Å². The Hall–Kier alpha value is -1.79. The van der Waals surface area contributed by atoms with Gasteiger partial charge in [0.1, 0.15) is 5.82 Å². The Morgan fingerprint density at radius 3 is 2.33 bits per heavy atom. The van der Waals surface area contributed by atoms with Crippen LogP contribution in [0.3, 0.4) is 0 Å². The number of nitrogen functional groups attached to an aromatic ring is 1. The minimum Gasteiger partial charge on any atom is -0.384 e. The average Bonchev–Trinajstić information content (AvgIpc) is 2.32. The number of pyridine rings is 1. The Labute approximate surface area is 110 Å². The first-order chi connectivity index (χ1) is 8.47. The molecule has 0 radical (unpaired) electrons. The molecule has 18 heavy (non-hydrogen) atoms. The summed E-state index contributed by atoms with van der Waals surface area (Å²) in [6.45, 7) is 0. The Morgan fingerprint density at radius 1 is 1.11 bits per heavy atom. The fourth-order valence-corrected chi connectivity index (χ4v) is 2.46. The molecule has 2 rings (SSSR count). The highest BCUT2D eigenvalue weighted by atomic mass is 35.5. The summed E-state index contributed by atoms with van der Waals surface area (Å²) in [5, 5.41) is 0.475. The molecule has 2 aromatic rings. The highest BCUT2D eigenvalue weighted by Gasteiger charge is 2.13. The van der Waals surface area contributed by atoms with Crippen molar-refractivity contribution in [2.24, 2.45) is 0 Å². The summed E-state index contributed by atoms with van der Waals surface area (Å²) in [4.78, 5) is 3.93. The van der Waals surface area contributed by atoms with Gasteiger partial charge in [-0.2, -0.15) is 0 Å². The van der Waals surface area contributed by atoms with Crippen LogP contribution in [-0.2, 0) is 10.0 Å². The molecule has 5 nitrogen and oxygen atoms in total. The number of anilines is 2. The van der Waals surface area contributed by atoms with Crippen molar-refractivity contribution in [2.75, 3.05) is 10.5 Å². The third-order valence-electron chi connectivity index (χ3n) is 2.16. The summed E-state index contributed by atoms with van der Waals surface area (Å²) < 4.78 is 26.4. The third-order valence-corrected chi connectivity index (χ3v) is 3.81. The number of benzene rings is 1. The lowest BCUT2D eigenvalue weighted by Gasteiger charge is -2.07. The summed E-state index contributed by atoms with van der Waals surface area (Å²) >= 11 is 5.70. The van der Waals surface area contributed by atoms with Crippen LogP contribution in [0.25, 0.3) is 0 Å². The van der Waals surface area contributed by atoms with E-state index in [1.54, 1.807) is 0 Å². The molecule has 0 saturated carbocycles.